The molecule has 20 heavy (non-hydrogen) atoms. The van der Waals surface area contributed by atoms with E-state index in [-0.39, 0.29) is 10.5 Å². The first-order valence-corrected chi connectivity index (χ1v) is 8.35. The molecule has 0 saturated heterocycles. The Morgan fingerprint density at radius 3 is 2.40 bits per heavy atom. The molecule has 0 fully saturated rings. The van der Waals surface area contributed by atoms with Crippen molar-refractivity contribution in [1.82, 2.24) is 4.72 Å². The van der Waals surface area contributed by atoms with Crippen molar-refractivity contribution in [3.05, 3.63) is 27.7 Å². The molecule has 2 N–H and O–H groups in total. The third kappa shape index (κ3) is 3.80. The van der Waals surface area contributed by atoms with Crippen molar-refractivity contribution in [1.29, 1.82) is 0 Å². The maximum Gasteiger partial charge on any atom is 0.335 e. The van der Waals surface area contributed by atoms with Crippen LogP contribution in [-0.2, 0) is 10.0 Å². The van der Waals surface area contributed by atoms with Gasteiger partial charge in [0.25, 0.3) is 0 Å². The molecule has 0 aliphatic rings. The second-order valence-electron chi connectivity index (χ2n) is 5.25. The number of aromatic carboxylic acids is 1. The molecule has 0 saturated carbocycles. The Labute approximate surface area is 127 Å². The van der Waals surface area contributed by atoms with Crippen LogP contribution in [0.15, 0.2) is 21.5 Å². The number of hydrogen-bond acceptors (Lipinski definition) is 3. The summed E-state index contributed by atoms with van der Waals surface area (Å²) < 4.78 is 27.8. The summed E-state index contributed by atoms with van der Waals surface area (Å²) in [6.07, 6.45) is 0.613. The third-order valence-corrected chi connectivity index (χ3v) is 6.09. The van der Waals surface area contributed by atoms with Crippen molar-refractivity contribution in [3.8, 4) is 0 Å². The van der Waals surface area contributed by atoms with E-state index in [4.69, 9.17) is 5.11 Å². The third-order valence-electron chi connectivity index (χ3n) is 3.05. The van der Waals surface area contributed by atoms with Gasteiger partial charge in [0.1, 0.15) is 0 Å². The Bertz CT molecular complexity index is 638. The second kappa shape index (κ2) is 5.83. The summed E-state index contributed by atoms with van der Waals surface area (Å²) in [5, 5.41) is 9.04. The normalized spacial score (nSPS) is 12.4. The molecule has 112 valence electrons. The molecule has 0 aliphatic carbocycles. The highest BCUT2D eigenvalue weighted by Gasteiger charge is 2.27. The zero-order valence-corrected chi connectivity index (χ0v) is 14.2. The Morgan fingerprint density at radius 2 is 1.95 bits per heavy atom. The summed E-state index contributed by atoms with van der Waals surface area (Å²) in [6, 6.07) is 2.59. The minimum Gasteiger partial charge on any atom is -0.478 e. The predicted molar refractivity (Wildman–Crippen MR) is 80.5 cm³/mol. The average molecular weight is 364 g/mol. The molecule has 0 bridgehead atoms. The quantitative estimate of drug-likeness (QED) is 0.842. The Kier molecular flexibility index (Phi) is 4.99. The van der Waals surface area contributed by atoms with Crippen LogP contribution in [0.4, 0.5) is 0 Å². The fourth-order valence-electron chi connectivity index (χ4n) is 1.55. The zero-order chi connectivity index (χ0) is 15.7. The molecule has 0 heterocycles. The largest absolute Gasteiger partial charge is 0.478 e. The van der Waals surface area contributed by atoms with Crippen LogP contribution in [0.5, 0.6) is 0 Å². The molecule has 1 aromatic rings. The van der Waals surface area contributed by atoms with E-state index in [1.165, 1.54) is 6.07 Å². The lowest BCUT2D eigenvalue weighted by Crippen LogP contribution is -2.42. The van der Waals surface area contributed by atoms with Crippen molar-refractivity contribution < 1.29 is 18.3 Å². The van der Waals surface area contributed by atoms with E-state index < -0.39 is 21.5 Å². The highest BCUT2D eigenvalue weighted by atomic mass is 79.9. The SMILES string of the molecule is CCC(C)(C)NS(=O)(=O)c1cc(C(=O)O)cc(C)c1Br. The van der Waals surface area contributed by atoms with Gasteiger partial charge in [-0.15, -0.1) is 0 Å². The smallest absolute Gasteiger partial charge is 0.335 e. The zero-order valence-electron chi connectivity index (χ0n) is 11.8. The fraction of sp³-hybridized carbons (Fsp3) is 0.462. The molecular weight excluding hydrogens is 346 g/mol. The predicted octanol–water partition coefficient (Wildman–Crippen LogP) is 2.92. The molecule has 1 aromatic carbocycles. The molecular formula is C13H18BrNO4S. The van der Waals surface area contributed by atoms with Crippen molar-refractivity contribution in [3.63, 3.8) is 0 Å². The highest BCUT2D eigenvalue weighted by molar-refractivity contribution is 9.10. The molecule has 0 aromatic heterocycles. The van der Waals surface area contributed by atoms with Crippen LogP contribution in [0.2, 0.25) is 0 Å². The van der Waals surface area contributed by atoms with Gasteiger partial charge in [0.15, 0.2) is 0 Å². The molecule has 0 aliphatic heterocycles. The van der Waals surface area contributed by atoms with E-state index in [1.54, 1.807) is 20.8 Å². The van der Waals surface area contributed by atoms with Crippen LogP contribution in [0.1, 0.15) is 43.1 Å². The van der Waals surface area contributed by atoms with E-state index in [0.717, 1.165) is 6.07 Å². The lowest BCUT2D eigenvalue weighted by Gasteiger charge is -2.24. The van der Waals surface area contributed by atoms with Crippen LogP contribution in [0.3, 0.4) is 0 Å². The first kappa shape index (κ1) is 17.1. The number of carbonyl (C=O) groups is 1. The summed E-state index contributed by atoms with van der Waals surface area (Å²) in [7, 11) is -3.80. The Morgan fingerprint density at radius 1 is 1.40 bits per heavy atom. The summed E-state index contributed by atoms with van der Waals surface area (Å²) >= 11 is 3.22. The van der Waals surface area contributed by atoms with Gasteiger partial charge in [0.05, 0.1) is 10.5 Å². The Balaban J connectivity index is 3.42. The average Bonchev–Trinajstić information content (AvgIpc) is 2.30. The van der Waals surface area contributed by atoms with Crippen LogP contribution in [0, 0.1) is 6.92 Å². The first-order chi connectivity index (χ1) is 9.00. The number of carboxylic acids is 1. The summed E-state index contributed by atoms with van der Waals surface area (Å²) in [6.45, 7) is 7.07. The minimum atomic E-state index is -3.80. The molecule has 0 spiro atoms. The van der Waals surface area contributed by atoms with E-state index in [1.807, 2.05) is 6.92 Å². The second-order valence-corrected chi connectivity index (χ2v) is 7.70. The maximum atomic E-state index is 12.4. The van der Waals surface area contributed by atoms with Crippen LogP contribution in [-0.4, -0.2) is 25.0 Å². The van der Waals surface area contributed by atoms with Gasteiger partial charge in [-0.25, -0.2) is 17.9 Å². The molecule has 0 radical (unpaired) electrons. The van der Waals surface area contributed by atoms with Crippen molar-refractivity contribution >= 4 is 31.9 Å². The monoisotopic (exact) mass is 363 g/mol. The molecule has 5 nitrogen and oxygen atoms in total. The van der Waals surface area contributed by atoms with Gasteiger partial charge in [0.2, 0.25) is 10.0 Å². The number of rotatable bonds is 5. The summed E-state index contributed by atoms with van der Waals surface area (Å²) in [4.78, 5) is 11.0. The van der Waals surface area contributed by atoms with Crippen LogP contribution >= 0.6 is 15.9 Å². The van der Waals surface area contributed by atoms with Crippen LogP contribution in [0.25, 0.3) is 0 Å². The molecule has 0 amide bonds. The van der Waals surface area contributed by atoms with E-state index in [9.17, 15) is 13.2 Å². The van der Waals surface area contributed by atoms with Crippen LogP contribution < -0.4 is 4.72 Å². The van der Waals surface area contributed by atoms with Crippen molar-refractivity contribution in [2.24, 2.45) is 0 Å². The van der Waals surface area contributed by atoms with E-state index in [0.29, 0.717) is 16.5 Å². The molecule has 1 rings (SSSR count). The lowest BCUT2D eigenvalue weighted by molar-refractivity contribution is 0.0696. The summed E-state index contributed by atoms with van der Waals surface area (Å²) in [5.41, 5.74) is -0.106. The van der Waals surface area contributed by atoms with Crippen molar-refractivity contribution in [2.45, 2.75) is 44.6 Å². The highest BCUT2D eigenvalue weighted by Crippen LogP contribution is 2.28. The number of nitrogens with one attached hydrogen (secondary N) is 1. The van der Waals surface area contributed by atoms with Gasteiger partial charge < -0.3 is 5.11 Å². The van der Waals surface area contributed by atoms with Gasteiger partial charge in [-0.05, 0) is 60.8 Å². The number of hydrogen-bond donors (Lipinski definition) is 2. The number of carboxylic acid groups (broad SMARTS) is 1. The number of aryl methyl sites for hydroxylation is 1. The Hall–Kier alpha value is -0.920. The topological polar surface area (TPSA) is 83.5 Å². The van der Waals surface area contributed by atoms with E-state index in [2.05, 4.69) is 20.7 Å². The fourth-order valence-corrected chi connectivity index (χ4v) is 4.08. The van der Waals surface area contributed by atoms with Crippen molar-refractivity contribution in [2.75, 3.05) is 0 Å². The summed E-state index contributed by atoms with van der Waals surface area (Å²) in [5.74, 6) is -1.16. The van der Waals surface area contributed by atoms with Gasteiger partial charge in [-0.1, -0.05) is 6.92 Å². The first-order valence-electron chi connectivity index (χ1n) is 6.07. The van der Waals surface area contributed by atoms with Gasteiger partial charge >= 0.3 is 5.97 Å². The number of benzene rings is 1. The number of sulfonamides is 1. The minimum absolute atomic E-state index is 0.0552. The maximum absolute atomic E-state index is 12.4. The molecule has 7 heteroatoms. The van der Waals surface area contributed by atoms with Gasteiger partial charge in [0, 0.05) is 10.0 Å². The lowest BCUT2D eigenvalue weighted by atomic mass is 10.0. The molecule has 0 atom stereocenters. The standard InChI is InChI=1S/C13H18BrNO4S/c1-5-13(3,4)15-20(18,19)10-7-9(12(16)17)6-8(2)11(10)14/h6-7,15H,5H2,1-4H3,(H,16,17). The van der Waals surface area contributed by atoms with Gasteiger partial charge in [-0.2, -0.15) is 0 Å². The van der Waals surface area contributed by atoms with E-state index >= 15 is 0 Å². The number of halogens is 1. The van der Waals surface area contributed by atoms with Gasteiger partial charge in [-0.3, -0.25) is 0 Å². The molecule has 0 unspecified atom stereocenters.